The van der Waals surface area contributed by atoms with E-state index in [4.69, 9.17) is 10.5 Å². The zero-order valence-corrected chi connectivity index (χ0v) is 11.5. The summed E-state index contributed by atoms with van der Waals surface area (Å²) in [5.41, 5.74) is 6.31. The Hall–Kier alpha value is -1.03. The van der Waals surface area contributed by atoms with Crippen LogP contribution in [0, 0.1) is 5.92 Å². The highest BCUT2D eigenvalue weighted by Gasteiger charge is 2.15. The molecule has 0 spiro atoms. The van der Waals surface area contributed by atoms with E-state index in [2.05, 4.69) is 13.8 Å². The molecular weight excluding hydrogens is 234 g/mol. The molecule has 0 fully saturated rings. The molecule has 0 amide bonds. The van der Waals surface area contributed by atoms with Crippen molar-refractivity contribution in [1.82, 2.24) is 0 Å². The first kappa shape index (κ1) is 14.0. The summed E-state index contributed by atoms with van der Waals surface area (Å²) in [7, 11) is 0.562. The molecule has 0 aliphatic rings. The van der Waals surface area contributed by atoms with Crippen LogP contribution in [0.4, 0.5) is 5.69 Å². The van der Waals surface area contributed by atoms with Gasteiger partial charge in [0, 0.05) is 17.5 Å². The van der Waals surface area contributed by atoms with E-state index in [9.17, 15) is 4.21 Å². The molecule has 0 aliphatic heterocycles. The molecule has 0 aliphatic carbocycles. The van der Waals surface area contributed by atoms with Crippen LogP contribution in [0.5, 0.6) is 5.75 Å². The standard InChI is InChI=1S/C13H21NO2S/c1-4-10(5-2)9-17(15)13-7-6-11(14)8-12(13)16-3/h6-8,10H,4-5,9,14H2,1-3H3. The van der Waals surface area contributed by atoms with E-state index in [1.807, 2.05) is 0 Å². The molecule has 1 atom stereocenters. The van der Waals surface area contributed by atoms with Crippen LogP contribution in [0.2, 0.25) is 0 Å². The van der Waals surface area contributed by atoms with Gasteiger partial charge < -0.3 is 10.5 Å². The van der Waals surface area contributed by atoms with E-state index in [0.717, 1.165) is 17.7 Å². The quantitative estimate of drug-likeness (QED) is 0.795. The van der Waals surface area contributed by atoms with Gasteiger partial charge in [0.15, 0.2) is 0 Å². The number of nitrogen functional groups attached to an aromatic ring is 1. The van der Waals surface area contributed by atoms with Gasteiger partial charge in [-0.05, 0) is 18.1 Å². The maximum Gasteiger partial charge on any atom is 0.137 e. The van der Waals surface area contributed by atoms with Crippen molar-refractivity contribution in [3.8, 4) is 5.75 Å². The Bertz CT molecular complexity index is 389. The number of hydrogen-bond acceptors (Lipinski definition) is 3. The second-order valence-electron chi connectivity index (χ2n) is 4.11. The minimum absolute atomic E-state index is 0.498. The maximum atomic E-state index is 12.3. The second kappa shape index (κ2) is 6.64. The molecule has 96 valence electrons. The van der Waals surface area contributed by atoms with Gasteiger partial charge in [0.2, 0.25) is 0 Å². The third-order valence-corrected chi connectivity index (χ3v) is 4.58. The van der Waals surface area contributed by atoms with Gasteiger partial charge in [0.25, 0.3) is 0 Å². The molecule has 0 saturated heterocycles. The molecule has 3 nitrogen and oxygen atoms in total. The predicted octanol–water partition coefficient (Wildman–Crippen LogP) is 2.82. The van der Waals surface area contributed by atoms with Gasteiger partial charge in [-0.3, -0.25) is 4.21 Å². The summed E-state index contributed by atoms with van der Waals surface area (Å²) in [6, 6.07) is 5.29. The fourth-order valence-corrected chi connectivity index (χ4v) is 3.37. The van der Waals surface area contributed by atoms with E-state index < -0.39 is 10.8 Å². The molecule has 1 unspecified atom stereocenters. The molecular formula is C13H21NO2S. The molecule has 0 saturated carbocycles. The largest absolute Gasteiger partial charge is 0.495 e. The van der Waals surface area contributed by atoms with Crippen LogP contribution in [0.25, 0.3) is 0 Å². The van der Waals surface area contributed by atoms with Crippen LogP contribution < -0.4 is 10.5 Å². The highest BCUT2D eigenvalue weighted by molar-refractivity contribution is 7.85. The lowest BCUT2D eigenvalue weighted by Crippen LogP contribution is -2.10. The second-order valence-corrected chi connectivity index (χ2v) is 5.57. The minimum Gasteiger partial charge on any atom is -0.495 e. The lowest BCUT2D eigenvalue weighted by molar-refractivity contribution is 0.404. The monoisotopic (exact) mass is 255 g/mol. The Morgan fingerprint density at radius 2 is 2.00 bits per heavy atom. The summed E-state index contributed by atoms with van der Waals surface area (Å²) < 4.78 is 17.5. The number of nitrogens with two attached hydrogens (primary N) is 1. The Balaban J connectivity index is 2.88. The molecule has 1 aromatic rings. The molecule has 0 bridgehead atoms. The highest BCUT2D eigenvalue weighted by atomic mass is 32.2. The molecule has 1 rings (SSSR count). The lowest BCUT2D eigenvalue weighted by atomic mass is 10.1. The average Bonchev–Trinajstić information content (AvgIpc) is 2.35. The van der Waals surface area contributed by atoms with Gasteiger partial charge in [0.05, 0.1) is 22.8 Å². The van der Waals surface area contributed by atoms with Gasteiger partial charge in [0.1, 0.15) is 5.75 Å². The Morgan fingerprint density at radius 1 is 1.35 bits per heavy atom. The number of ether oxygens (including phenoxy) is 1. The summed E-state index contributed by atoms with van der Waals surface area (Å²) >= 11 is 0. The molecule has 2 N–H and O–H groups in total. The first-order valence-corrected chi connectivity index (χ1v) is 7.26. The maximum absolute atomic E-state index is 12.3. The van der Waals surface area contributed by atoms with Crippen molar-refractivity contribution in [3.63, 3.8) is 0 Å². The highest BCUT2D eigenvalue weighted by Crippen LogP contribution is 2.26. The summed E-state index contributed by atoms with van der Waals surface area (Å²) in [6.07, 6.45) is 2.11. The van der Waals surface area contributed by atoms with Crippen LogP contribution in [-0.4, -0.2) is 17.1 Å². The van der Waals surface area contributed by atoms with Gasteiger partial charge >= 0.3 is 0 Å². The molecule has 0 aromatic heterocycles. The topological polar surface area (TPSA) is 52.3 Å². The summed E-state index contributed by atoms with van der Waals surface area (Å²) in [5.74, 6) is 1.81. The van der Waals surface area contributed by atoms with Gasteiger partial charge in [-0.25, -0.2) is 0 Å². The van der Waals surface area contributed by atoms with E-state index >= 15 is 0 Å². The van der Waals surface area contributed by atoms with Gasteiger partial charge in [-0.1, -0.05) is 26.7 Å². The zero-order chi connectivity index (χ0) is 12.8. The minimum atomic E-state index is -1.01. The molecule has 4 heteroatoms. The number of anilines is 1. The third kappa shape index (κ3) is 3.73. The van der Waals surface area contributed by atoms with Crippen molar-refractivity contribution >= 4 is 16.5 Å². The number of benzene rings is 1. The van der Waals surface area contributed by atoms with Gasteiger partial charge in [-0.15, -0.1) is 0 Å². The van der Waals surface area contributed by atoms with Crippen molar-refractivity contribution in [3.05, 3.63) is 18.2 Å². The van der Waals surface area contributed by atoms with Gasteiger partial charge in [-0.2, -0.15) is 0 Å². The average molecular weight is 255 g/mol. The number of rotatable bonds is 6. The van der Waals surface area contributed by atoms with Crippen LogP contribution in [0.3, 0.4) is 0 Å². The summed E-state index contributed by atoms with van der Waals surface area (Å²) in [4.78, 5) is 0.744. The molecule has 17 heavy (non-hydrogen) atoms. The number of methoxy groups -OCH3 is 1. The first-order valence-electron chi connectivity index (χ1n) is 5.94. The van der Waals surface area contributed by atoms with Crippen LogP contribution >= 0.6 is 0 Å². The van der Waals surface area contributed by atoms with E-state index in [-0.39, 0.29) is 0 Å². The zero-order valence-electron chi connectivity index (χ0n) is 10.7. The van der Waals surface area contributed by atoms with Crippen molar-refractivity contribution in [2.24, 2.45) is 5.92 Å². The van der Waals surface area contributed by atoms with E-state index in [1.165, 1.54) is 0 Å². The molecule has 0 heterocycles. The predicted molar refractivity (Wildman–Crippen MR) is 72.8 cm³/mol. The third-order valence-electron chi connectivity index (χ3n) is 2.97. The first-order chi connectivity index (χ1) is 8.12. The Labute approximate surface area is 106 Å². The van der Waals surface area contributed by atoms with Crippen molar-refractivity contribution in [1.29, 1.82) is 0 Å². The molecule has 0 radical (unpaired) electrons. The fourth-order valence-electron chi connectivity index (χ4n) is 1.70. The van der Waals surface area contributed by atoms with E-state index in [0.29, 0.717) is 23.1 Å². The molecule has 1 aromatic carbocycles. The van der Waals surface area contributed by atoms with Crippen molar-refractivity contribution in [2.45, 2.75) is 31.6 Å². The van der Waals surface area contributed by atoms with Crippen molar-refractivity contribution < 1.29 is 8.95 Å². The summed E-state index contributed by atoms with van der Waals surface area (Å²) in [6.45, 7) is 4.26. The SMILES string of the molecule is CCC(CC)CS(=O)c1ccc(N)cc1OC. The van der Waals surface area contributed by atoms with Crippen molar-refractivity contribution in [2.75, 3.05) is 18.6 Å². The van der Waals surface area contributed by atoms with Crippen LogP contribution in [0.15, 0.2) is 23.1 Å². The lowest BCUT2D eigenvalue weighted by Gasteiger charge is -2.13. The van der Waals surface area contributed by atoms with Crippen LogP contribution in [-0.2, 0) is 10.8 Å². The Morgan fingerprint density at radius 3 is 2.53 bits per heavy atom. The Kier molecular flexibility index (Phi) is 5.48. The van der Waals surface area contributed by atoms with E-state index in [1.54, 1.807) is 25.3 Å². The van der Waals surface area contributed by atoms with Crippen LogP contribution in [0.1, 0.15) is 26.7 Å². The summed E-state index contributed by atoms with van der Waals surface area (Å²) in [5, 5.41) is 0. The number of hydrogen-bond donors (Lipinski definition) is 1. The smallest absolute Gasteiger partial charge is 0.137 e. The fraction of sp³-hybridized carbons (Fsp3) is 0.538. The normalized spacial score (nSPS) is 12.7.